The molecule has 2 heterocycles. The number of rotatable bonds is 4. The topological polar surface area (TPSA) is 86.0 Å². The van der Waals surface area contributed by atoms with E-state index in [2.05, 4.69) is 20.3 Å². The van der Waals surface area contributed by atoms with Crippen LogP contribution in [0, 0.1) is 6.92 Å². The highest BCUT2D eigenvalue weighted by molar-refractivity contribution is 5.38. The maximum Gasteiger partial charge on any atom is 0.318 e. The van der Waals surface area contributed by atoms with E-state index in [9.17, 15) is 0 Å². The molecule has 0 amide bonds. The van der Waals surface area contributed by atoms with Crippen molar-refractivity contribution in [3.8, 4) is 6.01 Å². The van der Waals surface area contributed by atoms with Crippen LogP contribution in [-0.2, 0) is 6.54 Å². The highest BCUT2D eigenvalue weighted by atomic mass is 16.5. The van der Waals surface area contributed by atoms with E-state index in [1.807, 2.05) is 25.1 Å². The minimum atomic E-state index is 0.345. The van der Waals surface area contributed by atoms with Gasteiger partial charge in [0.05, 0.1) is 19.3 Å². The maximum absolute atomic E-state index is 5.61. The smallest absolute Gasteiger partial charge is 0.318 e. The lowest BCUT2D eigenvalue weighted by molar-refractivity contribution is 0.379. The van der Waals surface area contributed by atoms with Crippen molar-refractivity contribution in [3.05, 3.63) is 35.7 Å². The summed E-state index contributed by atoms with van der Waals surface area (Å²) in [6.07, 6.45) is 0. The highest BCUT2D eigenvalue weighted by Gasteiger charge is 2.02. The predicted molar refractivity (Wildman–Crippen MR) is 69.3 cm³/mol. The first kappa shape index (κ1) is 12.1. The van der Waals surface area contributed by atoms with Crippen LogP contribution < -0.4 is 15.8 Å². The average Bonchev–Trinajstić information content (AvgIpc) is 2.36. The normalized spacial score (nSPS) is 10.1. The monoisotopic (exact) mass is 245 g/mol. The number of methoxy groups -OCH3 is 1. The Balaban J connectivity index is 2.08. The molecule has 18 heavy (non-hydrogen) atoms. The van der Waals surface area contributed by atoms with Gasteiger partial charge in [-0.15, -0.1) is 0 Å². The molecule has 2 aromatic rings. The Morgan fingerprint density at radius 2 is 2.11 bits per heavy atom. The van der Waals surface area contributed by atoms with E-state index < -0.39 is 0 Å². The molecule has 0 fully saturated rings. The number of nitrogens with zero attached hydrogens (tertiary/aromatic N) is 3. The van der Waals surface area contributed by atoms with Crippen LogP contribution in [0.1, 0.15) is 11.4 Å². The van der Waals surface area contributed by atoms with Gasteiger partial charge in [-0.1, -0.05) is 6.07 Å². The van der Waals surface area contributed by atoms with Gasteiger partial charge >= 0.3 is 6.01 Å². The molecule has 6 heteroatoms. The predicted octanol–water partition coefficient (Wildman–Crippen LogP) is 1.38. The highest BCUT2D eigenvalue weighted by Crippen LogP contribution is 2.12. The molecule has 0 saturated heterocycles. The van der Waals surface area contributed by atoms with Crippen molar-refractivity contribution >= 4 is 11.6 Å². The molecule has 0 radical (unpaired) electrons. The largest absolute Gasteiger partial charge is 0.467 e. The lowest BCUT2D eigenvalue weighted by Crippen LogP contribution is -2.06. The van der Waals surface area contributed by atoms with Gasteiger partial charge in [-0.3, -0.25) is 0 Å². The van der Waals surface area contributed by atoms with Gasteiger partial charge in [-0.05, 0) is 19.1 Å². The second-order valence-corrected chi connectivity index (χ2v) is 3.79. The minimum absolute atomic E-state index is 0.345. The molecule has 6 nitrogen and oxygen atoms in total. The first-order valence-corrected chi connectivity index (χ1v) is 5.52. The summed E-state index contributed by atoms with van der Waals surface area (Å²) in [7, 11) is 1.54. The SMILES string of the molecule is COc1nc(C)cc(NCc2cccc(N)n2)n1. The van der Waals surface area contributed by atoms with Crippen molar-refractivity contribution < 1.29 is 4.74 Å². The third-order valence-electron chi connectivity index (χ3n) is 2.30. The molecule has 0 spiro atoms. The zero-order valence-corrected chi connectivity index (χ0v) is 10.3. The Kier molecular flexibility index (Phi) is 3.57. The van der Waals surface area contributed by atoms with Crippen molar-refractivity contribution in [3.63, 3.8) is 0 Å². The molecule has 3 N–H and O–H groups in total. The standard InChI is InChI=1S/C12H15N5O/c1-8-6-11(17-12(15-8)18-2)14-7-9-4-3-5-10(13)16-9/h3-6H,7H2,1-2H3,(H2,13,16)(H,14,15,17). The first-order chi connectivity index (χ1) is 8.67. The number of nitrogens with two attached hydrogens (primary N) is 1. The van der Waals surface area contributed by atoms with E-state index in [0.717, 1.165) is 11.4 Å². The molecule has 94 valence electrons. The molecular formula is C12H15N5O. The van der Waals surface area contributed by atoms with E-state index in [-0.39, 0.29) is 0 Å². The maximum atomic E-state index is 5.61. The van der Waals surface area contributed by atoms with E-state index in [1.165, 1.54) is 7.11 Å². The molecule has 2 rings (SSSR count). The van der Waals surface area contributed by atoms with E-state index in [4.69, 9.17) is 10.5 Å². The van der Waals surface area contributed by atoms with Crippen molar-refractivity contribution in [2.45, 2.75) is 13.5 Å². The molecule has 0 aromatic carbocycles. The van der Waals surface area contributed by atoms with Crippen LogP contribution in [0.5, 0.6) is 6.01 Å². The molecule has 0 aliphatic heterocycles. The fourth-order valence-corrected chi connectivity index (χ4v) is 1.50. The summed E-state index contributed by atoms with van der Waals surface area (Å²) in [6.45, 7) is 2.43. The van der Waals surface area contributed by atoms with Crippen molar-refractivity contribution in [2.24, 2.45) is 0 Å². The number of nitrogens with one attached hydrogen (secondary N) is 1. The summed E-state index contributed by atoms with van der Waals surface area (Å²) in [5.41, 5.74) is 7.30. The number of aromatic nitrogens is 3. The summed E-state index contributed by atoms with van der Waals surface area (Å²) in [6, 6.07) is 7.70. The van der Waals surface area contributed by atoms with Gasteiger partial charge in [0.2, 0.25) is 0 Å². The van der Waals surface area contributed by atoms with Gasteiger partial charge in [-0.25, -0.2) is 9.97 Å². The molecule has 0 saturated carbocycles. The molecular weight excluding hydrogens is 230 g/mol. The lowest BCUT2D eigenvalue weighted by atomic mass is 10.3. The third kappa shape index (κ3) is 3.07. The van der Waals surface area contributed by atoms with E-state index in [1.54, 1.807) is 6.07 Å². The fourth-order valence-electron chi connectivity index (χ4n) is 1.50. The zero-order chi connectivity index (χ0) is 13.0. The number of hydrogen-bond acceptors (Lipinski definition) is 6. The summed E-state index contributed by atoms with van der Waals surface area (Å²) in [4.78, 5) is 12.5. The third-order valence-corrected chi connectivity index (χ3v) is 2.30. The Bertz CT molecular complexity index is 544. The van der Waals surface area contributed by atoms with Crippen LogP contribution in [0.2, 0.25) is 0 Å². The molecule has 0 bridgehead atoms. The molecule has 0 unspecified atom stereocenters. The van der Waals surface area contributed by atoms with Gasteiger partial charge in [0, 0.05) is 11.8 Å². The van der Waals surface area contributed by atoms with Crippen molar-refractivity contribution in [1.29, 1.82) is 0 Å². The summed E-state index contributed by atoms with van der Waals surface area (Å²) >= 11 is 0. The number of nitrogen functional groups attached to an aromatic ring is 1. The Labute approximate surface area is 105 Å². The quantitative estimate of drug-likeness (QED) is 0.846. The van der Waals surface area contributed by atoms with Crippen LogP contribution in [0.15, 0.2) is 24.3 Å². The second kappa shape index (κ2) is 5.31. The summed E-state index contributed by atoms with van der Waals surface area (Å²) in [5.74, 6) is 1.20. The Hall–Kier alpha value is -2.37. The molecule has 0 atom stereocenters. The summed E-state index contributed by atoms with van der Waals surface area (Å²) < 4.78 is 5.01. The van der Waals surface area contributed by atoms with Gasteiger partial charge in [0.1, 0.15) is 11.6 Å². The van der Waals surface area contributed by atoms with Gasteiger partial charge in [0.15, 0.2) is 0 Å². The number of aryl methyl sites for hydroxylation is 1. The Morgan fingerprint density at radius 1 is 1.28 bits per heavy atom. The zero-order valence-electron chi connectivity index (χ0n) is 10.3. The number of hydrogen-bond donors (Lipinski definition) is 2. The van der Waals surface area contributed by atoms with Gasteiger partial charge in [-0.2, -0.15) is 4.98 Å². The average molecular weight is 245 g/mol. The van der Waals surface area contributed by atoms with Crippen molar-refractivity contribution in [2.75, 3.05) is 18.2 Å². The van der Waals surface area contributed by atoms with Gasteiger partial charge in [0.25, 0.3) is 0 Å². The van der Waals surface area contributed by atoms with Crippen LogP contribution in [-0.4, -0.2) is 22.1 Å². The van der Waals surface area contributed by atoms with Crippen LogP contribution in [0.3, 0.4) is 0 Å². The number of pyridine rings is 1. The van der Waals surface area contributed by atoms with Crippen LogP contribution in [0.4, 0.5) is 11.6 Å². The lowest BCUT2D eigenvalue weighted by Gasteiger charge is -2.07. The van der Waals surface area contributed by atoms with E-state index in [0.29, 0.717) is 24.2 Å². The van der Waals surface area contributed by atoms with Gasteiger partial charge < -0.3 is 15.8 Å². The molecule has 2 aromatic heterocycles. The van der Waals surface area contributed by atoms with Crippen LogP contribution in [0.25, 0.3) is 0 Å². The van der Waals surface area contributed by atoms with E-state index >= 15 is 0 Å². The van der Waals surface area contributed by atoms with Crippen molar-refractivity contribution in [1.82, 2.24) is 15.0 Å². The fraction of sp³-hybridized carbons (Fsp3) is 0.250. The van der Waals surface area contributed by atoms with Crippen LogP contribution >= 0.6 is 0 Å². The number of ether oxygens (including phenoxy) is 1. The minimum Gasteiger partial charge on any atom is -0.467 e. The first-order valence-electron chi connectivity index (χ1n) is 5.52. The second-order valence-electron chi connectivity index (χ2n) is 3.79. The molecule has 0 aliphatic carbocycles. The molecule has 0 aliphatic rings. The Morgan fingerprint density at radius 3 is 2.83 bits per heavy atom. The number of anilines is 2. The summed E-state index contributed by atoms with van der Waals surface area (Å²) in [5, 5.41) is 3.15.